The molecule has 0 heterocycles. The van der Waals surface area contributed by atoms with Crippen molar-refractivity contribution in [2.75, 3.05) is 39.9 Å². The van der Waals surface area contributed by atoms with Gasteiger partial charge < -0.3 is 10.1 Å². The molecule has 0 spiro atoms. The van der Waals surface area contributed by atoms with Crippen LogP contribution in [0, 0.1) is 5.92 Å². The van der Waals surface area contributed by atoms with Crippen molar-refractivity contribution in [3.63, 3.8) is 0 Å². The second-order valence-corrected chi connectivity index (χ2v) is 4.40. The molecule has 0 bridgehead atoms. The van der Waals surface area contributed by atoms with Gasteiger partial charge in [0.05, 0.1) is 6.61 Å². The highest BCUT2D eigenvalue weighted by Crippen LogP contribution is 2.04. The van der Waals surface area contributed by atoms with Crippen molar-refractivity contribution in [1.29, 1.82) is 0 Å². The number of ether oxygens (including phenoxy) is 1. The maximum Gasteiger partial charge on any atom is 0.0630 e. The molecule has 0 aromatic carbocycles. The molecule has 0 aliphatic rings. The number of nitrogens with zero attached hydrogens (tertiary/aromatic N) is 1. The molecule has 0 aliphatic carbocycles. The van der Waals surface area contributed by atoms with Gasteiger partial charge in [-0.1, -0.05) is 27.7 Å². The number of hydrogen-bond donors (Lipinski definition) is 1. The Morgan fingerprint density at radius 3 is 2.33 bits per heavy atom. The SMILES string of the molecule is CCNCC(COC)N(CC)CC(C)C. The number of rotatable bonds is 9. The summed E-state index contributed by atoms with van der Waals surface area (Å²) in [6.45, 7) is 14.0. The van der Waals surface area contributed by atoms with Crippen molar-refractivity contribution in [2.24, 2.45) is 5.92 Å². The Kier molecular flexibility index (Phi) is 9.06. The van der Waals surface area contributed by atoms with Gasteiger partial charge in [0.1, 0.15) is 0 Å². The van der Waals surface area contributed by atoms with E-state index in [2.05, 4.69) is 37.9 Å². The van der Waals surface area contributed by atoms with E-state index in [9.17, 15) is 0 Å². The normalized spacial score (nSPS) is 13.8. The standard InChI is InChI=1S/C12H28N2O/c1-6-13-8-12(10-15-5)14(7-2)9-11(3)4/h11-13H,6-10H2,1-5H3. The van der Waals surface area contributed by atoms with E-state index >= 15 is 0 Å². The molecule has 3 nitrogen and oxygen atoms in total. The topological polar surface area (TPSA) is 24.5 Å². The lowest BCUT2D eigenvalue weighted by atomic mass is 10.1. The lowest BCUT2D eigenvalue weighted by Gasteiger charge is -2.31. The summed E-state index contributed by atoms with van der Waals surface area (Å²) in [5, 5.41) is 3.40. The van der Waals surface area contributed by atoms with Crippen molar-refractivity contribution in [1.82, 2.24) is 10.2 Å². The maximum atomic E-state index is 5.28. The fourth-order valence-corrected chi connectivity index (χ4v) is 1.80. The van der Waals surface area contributed by atoms with Crippen molar-refractivity contribution in [2.45, 2.75) is 33.7 Å². The molecular formula is C12H28N2O. The Balaban J connectivity index is 4.12. The van der Waals surface area contributed by atoms with Crippen LogP contribution in [0.2, 0.25) is 0 Å². The fourth-order valence-electron chi connectivity index (χ4n) is 1.80. The quantitative estimate of drug-likeness (QED) is 0.633. The van der Waals surface area contributed by atoms with Gasteiger partial charge in [-0.2, -0.15) is 0 Å². The van der Waals surface area contributed by atoms with Gasteiger partial charge in [-0.15, -0.1) is 0 Å². The van der Waals surface area contributed by atoms with E-state index < -0.39 is 0 Å². The van der Waals surface area contributed by atoms with Crippen LogP contribution >= 0.6 is 0 Å². The average molecular weight is 216 g/mol. The first-order valence-electron chi connectivity index (χ1n) is 6.09. The largest absolute Gasteiger partial charge is 0.383 e. The van der Waals surface area contributed by atoms with Crippen molar-refractivity contribution >= 4 is 0 Å². The van der Waals surface area contributed by atoms with Crippen LogP contribution in [0.3, 0.4) is 0 Å². The molecule has 0 radical (unpaired) electrons. The summed E-state index contributed by atoms with van der Waals surface area (Å²) in [5.41, 5.74) is 0. The number of methoxy groups -OCH3 is 1. The minimum Gasteiger partial charge on any atom is -0.383 e. The molecule has 0 aliphatic heterocycles. The molecule has 0 saturated carbocycles. The molecule has 1 unspecified atom stereocenters. The molecule has 0 saturated heterocycles. The van der Waals surface area contributed by atoms with Crippen LogP contribution in [0.4, 0.5) is 0 Å². The molecule has 3 heteroatoms. The zero-order valence-electron chi connectivity index (χ0n) is 11.0. The van der Waals surface area contributed by atoms with Crippen LogP contribution in [0.25, 0.3) is 0 Å². The minimum absolute atomic E-state index is 0.502. The average Bonchev–Trinajstić information content (AvgIpc) is 2.20. The van der Waals surface area contributed by atoms with E-state index in [4.69, 9.17) is 4.74 Å². The Morgan fingerprint density at radius 1 is 1.27 bits per heavy atom. The van der Waals surface area contributed by atoms with Crippen LogP contribution in [-0.4, -0.2) is 50.8 Å². The summed E-state index contributed by atoms with van der Waals surface area (Å²) < 4.78 is 5.28. The van der Waals surface area contributed by atoms with Crippen molar-refractivity contribution in [3.8, 4) is 0 Å². The van der Waals surface area contributed by atoms with Gasteiger partial charge >= 0.3 is 0 Å². The Morgan fingerprint density at radius 2 is 1.93 bits per heavy atom. The Hall–Kier alpha value is -0.120. The van der Waals surface area contributed by atoms with Crippen LogP contribution in [0.15, 0.2) is 0 Å². The van der Waals surface area contributed by atoms with Crippen molar-refractivity contribution < 1.29 is 4.74 Å². The zero-order valence-corrected chi connectivity index (χ0v) is 11.0. The van der Waals surface area contributed by atoms with Gasteiger partial charge in [0.25, 0.3) is 0 Å². The predicted octanol–water partition coefficient (Wildman–Crippen LogP) is 1.59. The Labute approximate surface area is 95.2 Å². The third kappa shape index (κ3) is 6.88. The highest BCUT2D eigenvalue weighted by atomic mass is 16.5. The van der Waals surface area contributed by atoms with Crippen molar-refractivity contribution in [3.05, 3.63) is 0 Å². The molecule has 0 aromatic rings. The second kappa shape index (κ2) is 9.13. The summed E-state index contributed by atoms with van der Waals surface area (Å²) in [4.78, 5) is 2.50. The highest BCUT2D eigenvalue weighted by Gasteiger charge is 2.17. The lowest BCUT2D eigenvalue weighted by molar-refractivity contribution is 0.0852. The summed E-state index contributed by atoms with van der Waals surface area (Å²) >= 11 is 0. The monoisotopic (exact) mass is 216 g/mol. The van der Waals surface area contributed by atoms with Gasteiger partial charge in [0, 0.05) is 26.2 Å². The third-order valence-corrected chi connectivity index (χ3v) is 2.51. The molecule has 0 aromatic heterocycles. The highest BCUT2D eigenvalue weighted by molar-refractivity contribution is 4.73. The fraction of sp³-hybridized carbons (Fsp3) is 1.00. The second-order valence-electron chi connectivity index (χ2n) is 4.40. The molecule has 92 valence electrons. The van der Waals surface area contributed by atoms with Gasteiger partial charge in [-0.05, 0) is 19.0 Å². The number of likely N-dealkylation sites (N-methyl/N-ethyl adjacent to an activating group) is 2. The Bertz CT molecular complexity index is 140. The first-order chi connectivity index (χ1) is 7.15. The lowest BCUT2D eigenvalue weighted by Crippen LogP contribution is -2.46. The van der Waals surface area contributed by atoms with Crippen LogP contribution in [-0.2, 0) is 4.74 Å². The molecule has 0 rings (SSSR count). The van der Waals surface area contributed by atoms with Crippen LogP contribution in [0.5, 0.6) is 0 Å². The minimum atomic E-state index is 0.502. The summed E-state index contributed by atoms with van der Waals surface area (Å²) in [5.74, 6) is 0.714. The summed E-state index contributed by atoms with van der Waals surface area (Å²) in [6, 6.07) is 0.502. The molecule has 15 heavy (non-hydrogen) atoms. The maximum absolute atomic E-state index is 5.28. The van der Waals surface area contributed by atoms with Gasteiger partial charge in [0.2, 0.25) is 0 Å². The van der Waals surface area contributed by atoms with Gasteiger partial charge in [0.15, 0.2) is 0 Å². The predicted molar refractivity (Wildman–Crippen MR) is 66.3 cm³/mol. The molecule has 1 atom stereocenters. The first kappa shape index (κ1) is 14.9. The summed E-state index contributed by atoms with van der Waals surface area (Å²) in [6.07, 6.45) is 0. The molecular weight excluding hydrogens is 188 g/mol. The van der Waals surface area contributed by atoms with E-state index in [0.717, 1.165) is 32.8 Å². The van der Waals surface area contributed by atoms with E-state index in [-0.39, 0.29) is 0 Å². The number of hydrogen-bond acceptors (Lipinski definition) is 3. The van der Waals surface area contributed by atoms with Crippen LogP contribution in [0.1, 0.15) is 27.7 Å². The van der Waals surface area contributed by atoms with Crippen LogP contribution < -0.4 is 5.32 Å². The van der Waals surface area contributed by atoms with Gasteiger partial charge in [-0.3, -0.25) is 4.90 Å². The summed E-state index contributed by atoms with van der Waals surface area (Å²) in [7, 11) is 1.78. The smallest absolute Gasteiger partial charge is 0.0630 e. The zero-order chi connectivity index (χ0) is 11.7. The first-order valence-corrected chi connectivity index (χ1v) is 6.09. The number of nitrogens with one attached hydrogen (secondary N) is 1. The van der Waals surface area contributed by atoms with E-state index in [1.165, 1.54) is 0 Å². The van der Waals surface area contributed by atoms with Gasteiger partial charge in [-0.25, -0.2) is 0 Å². The molecule has 0 fully saturated rings. The van der Waals surface area contributed by atoms with E-state index in [1.807, 2.05) is 0 Å². The molecule has 0 amide bonds. The third-order valence-electron chi connectivity index (χ3n) is 2.51. The molecule has 1 N–H and O–H groups in total. The van der Waals surface area contributed by atoms with E-state index in [1.54, 1.807) is 7.11 Å². The van der Waals surface area contributed by atoms with E-state index in [0.29, 0.717) is 12.0 Å².